The van der Waals surface area contributed by atoms with E-state index in [1.54, 1.807) is 17.4 Å². The van der Waals surface area contributed by atoms with E-state index in [-0.39, 0.29) is 19.3 Å². The molecule has 0 saturated heterocycles. The van der Waals surface area contributed by atoms with Crippen LogP contribution in [0.4, 0.5) is 0 Å². The summed E-state index contributed by atoms with van der Waals surface area (Å²) < 4.78 is 0. The highest BCUT2D eigenvalue weighted by atomic mass is 35.5. The molecule has 0 amide bonds. The Hall–Kier alpha value is -0.690. The van der Waals surface area contributed by atoms with E-state index in [1.165, 1.54) is 0 Å². The van der Waals surface area contributed by atoms with Crippen LogP contribution >= 0.6 is 22.9 Å². The molecule has 2 atom stereocenters. The van der Waals surface area contributed by atoms with Gasteiger partial charge < -0.3 is 15.9 Å². The highest BCUT2D eigenvalue weighted by Gasteiger charge is 2.29. The van der Waals surface area contributed by atoms with Crippen molar-refractivity contribution in [3.63, 3.8) is 0 Å². The van der Waals surface area contributed by atoms with Gasteiger partial charge in [0.15, 0.2) is 0 Å². The number of rotatable bonds is 6. The van der Waals surface area contributed by atoms with Crippen LogP contribution in [0, 0.1) is 0 Å². The third kappa shape index (κ3) is 3.69. The van der Waals surface area contributed by atoms with E-state index in [9.17, 15) is 10.2 Å². The molecule has 1 aliphatic carbocycles. The fraction of sp³-hybridized carbons (Fsp3) is 0.429. The number of nitrogens with two attached hydrogens (primary N) is 1. The summed E-state index contributed by atoms with van der Waals surface area (Å²) >= 11 is 7.82. The van der Waals surface area contributed by atoms with Gasteiger partial charge in [-0.25, -0.2) is 0 Å². The highest BCUT2D eigenvalue weighted by Crippen LogP contribution is 2.32. The SMILES string of the molecule is NC1(Cl)C=CC(N(CCO)CCO)C(c2ccsc2)=C1. The van der Waals surface area contributed by atoms with Gasteiger partial charge in [0.1, 0.15) is 5.00 Å². The van der Waals surface area contributed by atoms with E-state index < -0.39 is 5.00 Å². The number of aliphatic hydroxyl groups excluding tert-OH is 2. The number of alkyl halides is 1. The molecule has 0 saturated carbocycles. The van der Waals surface area contributed by atoms with Crippen LogP contribution in [0.2, 0.25) is 0 Å². The first-order valence-electron chi connectivity index (χ1n) is 6.45. The predicted molar refractivity (Wildman–Crippen MR) is 83.7 cm³/mol. The molecule has 1 aliphatic rings. The van der Waals surface area contributed by atoms with Crippen LogP contribution in [-0.4, -0.2) is 52.5 Å². The summed E-state index contributed by atoms with van der Waals surface area (Å²) in [4.78, 5) is 1.02. The minimum absolute atomic E-state index is 0.0376. The molecule has 0 aromatic carbocycles. The van der Waals surface area contributed by atoms with Crippen LogP contribution in [0.3, 0.4) is 0 Å². The third-order valence-corrected chi connectivity index (χ3v) is 4.17. The van der Waals surface area contributed by atoms with Crippen molar-refractivity contribution in [3.8, 4) is 0 Å². The zero-order valence-corrected chi connectivity index (χ0v) is 12.6. The van der Waals surface area contributed by atoms with Crippen molar-refractivity contribution in [2.75, 3.05) is 26.3 Å². The lowest BCUT2D eigenvalue weighted by Gasteiger charge is -2.34. The summed E-state index contributed by atoms with van der Waals surface area (Å²) in [5.74, 6) is 0. The van der Waals surface area contributed by atoms with Gasteiger partial charge in [-0.05, 0) is 40.1 Å². The van der Waals surface area contributed by atoms with Crippen LogP contribution < -0.4 is 5.73 Å². The Morgan fingerprint density at radius 1 is 1.35 bits per heavy atom. The normalized spacial score (nSPS) is 26.1. The fourth-order valence-corrected chi connectivity index (χ4v) is 3.22. The minimum Gasteiger partial charge on any atom is -0.395 e. The average molecular weight is 315 g/mol. The van der Waals surface area contributed by atoms with Gasteiger partial charge in [-0.1, -0.05) is 17.7 Å². The quantitative estimate of drug-likeness (QED) is 0.420. The van der Waals surface area contributed by atoms with Crippen LogP contribution in [0.1, 0.15) is 5.56 Å². The van der Waals surface area contributed by atoms with Crippen molar-refractivity contribution in [1.82, 2.24) is 4.90 Å². The molecule has 20 heavy (non-hydrogen) atoms. The topological polar surface area (TPSA) is 69.7 Å². The lowest BCUT2D eigenvalue weighted by molar-refractivity contribution is 0.155. The largest absolute Gasteiger partial charge is 0.395 e. The maximum absolute atomic E-state index is 9.20. The molecule has 2 unspecified atom stereocenters. The highest BCUT2D eigenvalue weighted by molar-refractivity contribution is 7.08. The molecule has 0 spiro atoms. The lowest BCUT2D eigenvalue weighted by Crippen LogP contribution is -2.42. The van der Waals surface area contributed by atoms with Gasteiger partial charge in [0.05, 0.1) is 19.3 Å². The summed E-state index contributed by atoms with van der Waals surface area (Å²) in [6, 6.07) is 1.98. The molecule has 0 fully saturated rings. The van der Waals surface area contributed by atoms with Crippen molar-refractivity contribution < 1.29 is 10.2 Å². The predicted octanol–water partition coefficient (Wildman–Crippen LogP) is 1.25. The molecule has 0 bridgehead atoms. The maximum atomic E-state index is 9.20. The molecular weight excluding hydrogens is 296 g/mol. The van der Waals surface area contributed by atoms with Gasteiger partial charge in [-0.15, -0.1) is 0 Å². The first-order chi connectivity index (χ1) is 9.57. The number of nitrogens with zero attached hydrogens (tertiary/aromatic N) is 1. The van der Waals surface area contributed by atoms with Gasteiger partial charge in [-0.2, -0.15) is 11.3 Å². The van der Waals surface area contributed by atoms with Gasteiger partial charge in [0, 0.05) is 13.1 Å². The third-order valence-electron chi connectivity index (χ3n) is 3.25. The Labute approximate surface area is 127 Å². The average Bonchev–Trinajstić information content (AvgIpc) is 2.91. The van der Waals surface area contributed by atoms with E-state index in [1.807, 2.05) is 33.9 Å². The van der Waals surface area contributed by atoms with E-state index >= 15 is 0 Å². The van der Waals surface area contributed by atoms with Crippen LogP contribution in [0.5, 0.6) is 0 Å². The van der Waals surface area contributed by atoms with Crippen molar-refractivity contribution in [3.05, 3.63) is 40.6 Å². The van der Waals surface area contributed by atoms with E-state index in [4.69, 9.17) is 17.3 Å². The first kappa shape index (κ1) is 15.7. The molecule has 4 nitrogen and oxygen atoms in total. The van der Waals surface area contributed by atoms with Crippen molar-refractivity contribution in [1.29, 1.82) is 0 Å². The molecule has 1 aromatic heterocycles. The Balaban J connectivity index is 2.32. The second-order valence-corrected chi connectivity index (χ2v) is 6.16. The molecule has 1 heterocycles. The number of hydrogen-bond acceptors (Lipinski definition) is 5. The second kappa shape index (κ2) is 6.85. The first-order valence-corrected chi connectivity index (χ1v) is 7.77. The summed E-state index contributed by atoms with van der Waals surface area (Å²) in [6.07, 6.45) is 5.52. The van der Waals surface area contributed by atoms with Gasteiger partial charge in [0.25, 0.3) is 0 Å². The Morgan fingerprint density at radius 2 is 2.05 bits per heavy atom. The van der Waals surface area contributed by atoms with E-state index in [2.05, 4.69) is 0 Å². The molecule has 110 valence electrons. The van der Waals surface area contributed by atoms with Crippen LogP contribution in [0.25, 0.3) is 5.57 Å². The molecule has 0 aliphatic heterocycles. The van der Waals surface area contributed by atoms with Gasteiger partial charge >= 0.3 is 0 Å². The molecule has 4 N–H and O–H groups in total. The smallest absolute Gasteiger partial charge is 0.129 e. The molecule has 2 rings (SSSR count). The Kier molecular flexibility index (Phi) is 5.37. The van der Waals surface area contributed by atoms with Crippen LogP contribution in [0.15, 0.2) is 35.1 Å². The van der Waals surface area contributed by atoms with Crippen molar-refractivity contribution in [2.24, 2.45) is 5.73 Å². The lowest BCUT2D eigenvalue weighted by atomic mass is 9.92. The monoisotopic (exact) mass is 314 g/mol. The summed E-state index contributed by atoms with van der Waals surface area (Å²) in [5.41, 5.74) is 8.05. The summed E-state index contributed by atoms with van der Waals surface area (Å²) in [5, 5.41) is 22.4. The van der Waals surface area contributed by atoms with E-state index in [0.717, 1.165) is 11.1 Å². The minimum atomic E-state index is -0.988. The molecule has 1 aromatic rings. The number of halogens is 1. The zero-order valence-electron chi connectivity index (χ0n) is 11.1. The van der Waals surface area contributed by atoms with Gasteiger partial charge in [0.2, 0.25) is 0 Å². The standard InChI is InChI=1S/C14H19ClN2O2S/c15-14(16)3-1-13(17(4-6-18)5-7-19)12(9-14)11-2-8-20-10-11/h1-3,8-10,13,18-19H,4-7,16H2. The molecular formula is C14H19ClN2O2S. The number of aliphatic hydroxyl groups is 2. The fourth-order valence-electron chi connectivity index (χ4n) is 2.36. The van der Waals surface area contributed by atoms with Crippen molar-refractivity contribution >= 4 is 28.5 Å². The molecule has 6 heteroatoms. The number of hydrogen-bond donors (Lipinski definition) is 3. The molecule has 0 radical (unpaired) electrons. The van der Waals surface area contributed by atoms with Crippen molar-refractivity contribution in [2.45, 2.75) is 11.0 Å². The van der Waals surface area contributed by atoms with Crippen LogP contribution in [-0.2, 0) is 0 Å². The number of thiophene rings is 1. The maximum Gasteiger partial charge on any atom is 0.129 e. The summed E-state index contributed by atoms with van der Waals surface area (Å²) in [6.45, 7) is 1.04. The van der Waals surface area contributed by atoms with E-state index in [0.29, 0.717) is 13.1 Å². The summed E-state index contributed by atoms with van der Waals surface area (Å²) in [7, 11) is 0. The Bertz CT molecular complexity index is 479. The van der Waals surface area contributed by atoms with Gasteiger partial charge in [-0.3, -0.25) is 4.90 Å². The zero-order chi connectivity index (χ0) is 14.6. The second-order valence-electron chi connectivity index (χ2n) is 4.73. The Morgan fingerprint density at radius 3 is 2.60 bits per heavy atom.